The highest BCUT2D eigenvalue weighted by molar-refractivity contribution is 5.77. The molecule has 0 aliphatic carbocycles. The Kier molecular flexibility index (Phi) is 5.66. The van der Waals surface area contributed by atoms with Crippen molar-refractivity contribution in [3.63, 3.8) is 0 Å². The maximum Gasteiger partial charge on any atom is 0.260 e. The van der Waals surface area contributed by atoms with Crippen LogP contribution in [0.5, 0.6) is 17.4 Å². The fourth-order valence-corrected chi connectivity index (χ4v) is 2.65. The van der Waals surface area contributed by atoms with Gasteiger partial charge in [-0.1, -0.05) is 0 Å². The zero-order valence-corrected chi connectivity index (χ0v) is 14.1. The third kappa shape index (κ3) is 4.82. The number of ether oxygens (including phenoxy) is 3. The van der Waals surface area contributed by atoms with Crippen LogP contribution in [0.1, 0.15) is 12.8 Å². The molecule has 0 unspecified atom stereocenters. The molecule has 3 rings (SSSR count). The summed E-state index contributed by atoms with van der Waals surface area (Å²) >= 11 is 0. The molecule has 1 aliphatic heterocycles. The number of carbonyl (C=O) groups excluding carboxylic acids is 1. The normalized spacial score (nSPS) is 14.8. The number of aromatic nitrogens is 2. The Bertz CT molecular complexity index is 670. The number of amides is 1. The van der Waals surface area contributed by atoms with E-state index in [9.17, 15) is 4.79 Å². The van der Waals surface area contributed by atoms with E-state index in [4.69, 9.17) is 14.2 Å². The van der Waals surface area contributed by atoms with Crippen LogP contribution in [0.15, 0.2) is 42.9 Å². The molecule has 7 heteroatoms. The van der Waals surface area contributed by atoms with E-state index < -0.39 is 0 Å². The van der Waals surface area contributed by atoms with Gasteiger partial charge in [0.15, 0.2) is 6.61 Å². The number of hydrogen-bond donors (Lipinski definition) is 0. The van der Waals surface area contributed by atoms with Crippen LogP contribution in [-0.2, 0) is 4.79 Å². The lowest BCUT2D eigenvalue weighted by atomic mass is 10.1. The zero-order chi connectivity index (χ0) is 17.5. The molecule has 2 aromatic rings. The van der Waals surface area contributed by atoms with Crippen LogP contribution in [0, 0.1) is 0 Å². The van der Waals surface area contributed by atoms with Gasteiger partial charge in [-0.15, -0.1) is 0 Å². The largest absolute Gasteiger partial charge is 0.497 e. The summed E-state index contributed by atoms with van der Waals surface area (Å²) in [6.45, 7) is 1.33. The van der Waals surface area contributed by atoms with Crippen molar-refractivity contribution < 1.29 is 19.0 Å². The first-order valence-corrected chi connectivity index (χ1v) is 8.22. The maximum atomic E-state index is 12.3. The van der Waals surface area contributed by atoms with Crippen molar-refractivity contribution in [1.82, 2.24) is 14.9 Å². The van der Waals surface area contributed by atoms with Gasteiger partial charge in [-0.25, -0.2) is 4.98 Å². The van der Waals surface area contributed by atoms with Crippen LogP contribution < -0.4 is 14.2 Å². The van der Waals surface area contributed by atoms with Gasteiger partial charge in [0.05, 0.1) is 13.3 Å². The monoisotopic (exact) mass is 343 g/mol. The van der Waals surface area contributed by atoms with Crippen LogP contribution in [0.2, 0.25) is 0 Å². The summed E-state index contributed by atoms with van der Waals surface area (Å²) < 4.78 is 16.4. The van der Waals surface area contributed by atoms with Gasteiger partial charge in [-0.3, -0.25) is 9.78 Å². The molecule has 132 valence electrons. The highest BCUT2D eigenvalue weighted by atomic mass is 16.5. The lowest BCUT2D eigenvalue weighted by Crippen LogP contribution is -2.43. The van der Waals surface area contributed by atoms with Crippen LogP contribution in [0.25, 0.3) is 0 Å². The van der Waals surface area contributed by atoms with E-state index in [1.165, 1.54) is 0 Å². The number of hydrogen-bond acceptors (Lipinski definition) is 6. The van der Waals surface area contributed by atoms with Gasteiger partial charge in [0.1, 0.15) is 17.6 Å². The molecule has 1 aliphatic rings. The van der Waals surface area contributed by atoms with E-state index in [1.807, 2.05) is 0 Å². The van der Waals surface area contributed by atoms with Gasteiger partial charge in [-0.2, -0.15) is 0 Å². The van der Waals surface area contributed by atoms with E-state index in [0.29, 0.717) is 24.7 Å². The summed E-state index contributed by atoms with van der Waals surface area (Å²) in [5.74, 6) is 1.91. The van der Waals surface area contributed by atoms with E-state index in [0.717, 1.165) is 18.6 Å². The van der Waals surface area contributed by atoms with Gasteiger partial charge in [-0.05, 0) is 24.3 Å². The Hall–Kier alpha value is -2.83. The van der Waals surface area contributed by atoms with Crippen molar-refractivity contribution >= 4 is 5.91 Å². The summed E-state index contributed by atoms with van der Waals surface area (Å²) in [6.07, 6.45) is 6.40. The van der Waals surface area contributed by atoms with Gasteiger partial charge in [0.2, 0.25) is 5.88 Å². The summed E-state index contributed by atoms with van der Waals surface area (Å²) in [6, 6.07) is 7.17. The topological polar surface area (TPSA) is 73.8 Å². The minimum absolute atomic E-state index is 0.0197. The van der Waals surface area contributed by atoms with E-state index in [2.05, 4.69) is 9.97 Å². The number of rotatable bonds is 6. The summed E-state index contributed by atoms with van der Waals surface area (Å²) in [4.78, 5) is 22.2. The molecule has 1 amide bonds. The Labute approximate surface area is 146 Å². The van der Waals surface area contributed by atoms with Gasteiger partial charge >= 0.3 is 0 Å². The Balaban J connectivity index is 1.41. The van der Waals surface area contributed by atoms with E-state index in [-0.39, 0.29) is 18.6 Å². The summed E-state index contributed by atoms with van der Waals surface area (Å²) in [5.41, 5.74) is 0. The van der Waals surface area contributed by atoms with Crippen LogP contribution in [0.4, 0.5) is 0 Å². The van der Waals surface area contributed by atoms with Crippen LogP contribution in [0.3, 0.4) is 0 Å². The third-order valence-corrected chi connectivity index (χ3v) is 4.04. The van der Waals surface area contributed by atoms with Gasteiger partial charge in [0, 0.05) is 38.3 Å². The number of methoxy groups -OCH3 is 1. The quantitative estimate of drug-likeness (QED) is 0.798. The molecule has 1 saturated heterocycles. The number of nitrogens with zero attached hydrogens (tertiary/aromatic N) is 3. The fourth-order valence-electron chi connectivity index (χ4n) is 2.65. The molecule has 1 fully saturated rings. The molecular formula is C18H21N3O4. The minimum atomic E-state index is -0.0197. The Morgan fingerprint density at radius 2 is 1.88 bits per heavy atom. The average molecular weight is 343 g/mol. The van der Waals surface area contributed by atoms with Crippen LogP contribution in [-0.4, -0.2) is 53.7 Å². The van der Waals surface area contributed by atoms with Crippen molar-refractivity contribution in [2.24, 2.45) is 0 Å². The molecule has 7 nitrogen and oxygen atoms in total. The van der Waals surface area contributed by atoms with Crippen molar-refractivity contribution in [1.29, 1.82) is 0 Å². The maximum absolute atomic E-state index is 12.3. The molecular weight excluding hydrogens is 322 g/mol. The predicted molar refractivity (Wildman–Crippen MR) is 90.8 cm³/mol. The molecule has 0 spiro atoms. The van der Waals surface area contributed by atoms with E-state index >= 15 is 0 Å². The van der Waals surface area contributed by atoms with Crippen molar-refractivity contribution in [3.8, 4) is 17.4 Å². The predicted octanol–water partition coefficient (Wildman–Crippen LogP) is 1.93. The second kappa shape index (κ2) is 8.32. The van der Waals surface area contributed by atoms with Crippen molar-refractivity contribution in [2.75, 3.05) is 26.8 Å². The standard InChI is InChI=1S/C18H21N3O4/c1-23-14-2-4-15(5-3-14)24-13-18(22)21-10-6-16(7-11-21)25-17-12-19-8-9-20-17/h2-5,8-9,12,16H,6-7,10-11,13H2,1H3. The summed E-state index contributed by atoms with van der Waals surface area (Å²) in [5, 5.41) is 0. The highest BCUT2D eigenvalue weighted by Crippen LogP contribution is 2.18. The smallest absolute Gasteiger partial charge is 0.260 e. The molecule has 0 saturated carbocycles. The number of benzene rings is 1. The molecule has 0 bridgehead atoms. The lowest BCUT2D eigenvalue weighted by molar-refractivity contribution is -0.135. The second-order valence-corrected chi connectivity index (χ2v) is 5.71. The zero-order valence-electron chi connectivity index (χ0n) is 14.1. The van der Waals surface area contributed by atoms with E-state index in [1.54, 1.807) is 54.9 Å². The first-order chi connectivity index (χ1) is 12.2. The van der Waals surface area contributed by atoms with Crippen molar-refractivity contribution in [2.45, 2.75) is 18.9 Å². The molecule has 2 heterocycles. The molecule has 1 aromatic heterocycles. The SMILES string of the molecule is COc1ccc(OCC(=O)N2CCC(Oc3cnccn3)CC2)cc1. The summed E-state index contributed by atoms with van der Waals surface area (Å²) in [7, 11) is 1.61. The average Bonchev–Trinajstić information content (AvgIpc) is 2.68. The second-order valence-electron chi connectivity index (χ2n) is 5.71. The fraction of sp³-hybridized carbons (Fsp3) is 0.389. The Morgan fingerprint density at radius 3 is 2.52 bits per heavy atom. The molecule has 0 atom stereocenters. The number of piperidine rings is 1. The van der Waals surface area contributed by atoms with Crippen molar-refractivity contribution in [3.05, 3.63) is 42.9 Å². The molecule has 0 N–H and O–H groups in total. The molecule has 1 aromatic carbocycles. The Morgan fingerprint density at radius 1 is 1.16 bits per heavy atom. The first kappa shape index (κ1) is 17.0. The minimum Gasteiger partial charge on any atom is -0.497 e. The van der Waals surface area contributed by atoms with Gasteiger partial charge < -0.3 is 19.1 Å². The van der Waals surface area contributed by atoms with Crippen LogP contribution >= 0.6 is 0 Å². The molecule has 25 heavy (non-hydrogen) atoms. The highest BCUT2D eigenvalue weighted by Gasteiger charge is 2.24. The number of carbonyl (C=O) groups is 1. The van der Waals surface area contributed by atoms with Gasteiger partial charge in [0.25, 0.3) is 5.91 Å². The first-order valence-electron chi connectivity index (χ1n) is 8.22. The lowest BCUT2D eigenvalue weighted by Gasteiger charge is -2.31. The third-order valence-electron chi connectivity index (χ3n) is 4.04. The molecule has 0 radical (unpaired) electrons. The number of likely N-dealkylation sites (tertiary alicyclic amines) is 1.